The highest BCUT2D eigenvalue weighted by Crippen LogP contribution is 2.37. The van der Waals surface area contributed by atoms with Crippen LogP contribution in [0.4, 0.5) is 0 Å². The van der Waals surface area contributed by atoms with Gasteiger partial charge in [0.2, 0.25) is 0 Å². The van der Waals surface area contributed by atoms with Crippen LogP contribution in [0.1, 0.15) is 16.9 Å². The maximum Gasteiger partial charge on any atom is 0.274 e. The Labute approximate surface area is 115 Å². The molecule has 0 radical (unpaired) electrons. The lowest BCUT2D eigenvalue weighted by Gasteiger charge is -2.26. The van der Waals surface area contributed by atoms with Crippen LogP contribution >= 0.6 is 11.8 Å². The van der Waals surface area contributed by atoms with Gasteiger partial charge in [0.25, 0.3) is 5.91 Å². The lowest BCUT2D eigenvalue weighted by atomic mass is 10.2. The molecule has 0 spiro atoms. The maximum atomic E-state index is 12.5. The first-order valence-corrected chi connectivity index (χ1v) is 7.50. The molecule has 1 aromatic heterocycles. The molecule has 2 atom stereocenters. The molecule has 4 nitrogen and oxygen atoms in total. The van der Waals surface area contributed by atoms with E-state index in [-0.39, 0.29) is 5.91 Å². The van der Waals surface area contributed by atoms with Crippen molar-refractivity contribution in [2.24, 2.45) is 0 Å². The minimum atomic E-state index is 0.0334. The van der Waals surface area contributed by atoms with Crippen LogP contribution in [0.25, 0.3) is 11.0 Å². The van der Waals surface area contributed by atoms with E-state index >= 15 is 0 Å². The number of hydrogen-bond donors (Lipinski definition) is 0. The summed E-state index contributed by atoms with van der Waals surface area (Å²) in [6, 6.07) is 8.04. The normalized spacial score (nSPS) is 25.2. The molecular formula is C14H13N3OS. The SMILES string of the molecule is O=C(c1cnc2ccccc2n1)N1CC2CC1CS2. The van der Waals surface area contributed by atoms with E-state index in [1.54, 1.807) is 6.20 Å². The van der Waals surface area contributed by atoms with Crippen molar-refractivity contribution in [3.63, 3.8) is 0 Å². The van der Waals surface area contributed by atoms with Crippen LogP contribution in [0.5, 0.6) is 0 Å². The number of hydrogen-bond acceptors (Lipinski definition) is 4. The van der Waals surface area contributed by atoms with Crippen molar-refractivity contribution in [3.05, 3.63) is 36.2 Å². The molecule has 2 aliphatic heterocycles. The lowest BCUT2D eigenvalue weighted by molar-refractivity contribution is 0.0741. The highest BCUT2D eigenvalue weighted by molar-refractivity contribution is 8.00. The molecule has 2 aliphatic rings. The quantitative estimate of drug-likeness (QED) is 0.795. The molecule has 5 heteroatoms. The fourth-order valence-corrected chi connectivity index (χ4v) is 4.29. The van der Waals surface area contributed by atoms with Crippen molar-refractivity contribution >= 4 is 28.7 Å². The molecule has 4 rings (SSSR count). The number of thioether (sulfide) groups is 1. The second kappa shape index (κ2) is 4.20. The van der Waals surface area contributed by atoms with Crippen molar-refractivity contribution < 1.29 is 4.79 Å². The third-order valence-corrected chi connectivity index (χ3v) is 5.22. The van der Waals surface area contributed by atoms with E-state index in [9.17, 15) is 4.79 Å². The third kappa shape index (κ3) is 1.80. The molecule has 0 N–H and O–H groups in total. The number of carbonyl (C=O) groups is 1. The molecule has 2 bridgehead atoms. The zero-order valence-corrected chi connectivity index (χ0v) is 11.1. The molecule has 2 aromatic rings. The van der Waals surface area contributed by atoms with Gasteiger partial charge in [-0.15, -0.1) is 0 Å². The number of amides is 1. The fourth-order valence-electron chi connectivity index (χ4n) is 2.86. The number of likely N-dealkylation sites (tertiary alicyclic amines) is 1. The second-order valence-electron chi connectivity index (χ2n) is 5.05. The van der Waals surface area contributed by atoms with Gasteiger partial charge in [-0.1, -0.05) is 12.1 Å². The summed E-state index contributed by atoms with van der Waals surface area (Å²) < 4.78 is 0. The summed E-state index contributed by atoms with van der Waals surface area (Å²) >= 11 is 1.98. The number of aromatic nitrogens is 2. The summed E-state index contributed by atoms with van der Waals surface area (Å²) in [5.74, 6) is 1.10. The van der Waals surface area contributed by atoms with Crippen molar-refractivity contribution in [2.45, 2.75) is 17.7 Å². The average molecular weight is 271 g/mol. The summed E-state index contributed by atoms with van der Waals surface area (Å²) in [6.45, 7) is 0.864. The number of benzene rings is 1. The number of fused-ring (bicyclic) bond motifs is 3. The van der Waals surface area contributed by atoms with Gasteiger partial charge in [-0.05, 0) is 18.6 Å². The zero-order valence-electron chi connectivity index (χ0n) is 10.3. The highest BCUT2D eigenvalue weighted by Gasteiger charge is 2.41. The average Bonchev–Trinajstić information content (AvgIpc) is 3.08. The van der Waals surface area contributed by atoms with Gasteiger partial charge in [0.1, 0.15) is 5.69 Å². The van der Waals surface area contributed by atoms with Crippen molar-refractivity contribution in [1.82, 2.24) is 14.9 Å². The van der Waals surface area contributed by atoms with Gasteiger partial charge in [-0.2, -0.15) is 11.8 Å². The predicted molar refractivity (Wildman–Crippen MR) is 75.2 cm³/mol. The zero-order chi connectivity index (χ0) is 12.8. The summed E-state index contributed by atoms with van der Waals surface area (Å²) in [6.07, 6.45) is 2.74. The molecule has 1 amide bonds. The van der Waals surface area contributed by atoms with Gasteiger partial charge in [-0.25, -0.2) is 4.98 Å². The van der Waals surface area contributed by atoms with Crippen LogP contribution in [-0.2, 0) is 0 Å². The Balaban J connectivity index is 1.68. The Morgan fingerprint density at radius 2 is 2.16 bits per heavy atom. The van der Waals surface area contributed by atoms with E-state index in [0.29, 0.717) is 17.0 Å². The van der Waals surface area contributed by atoms with Crippen LogP contribution in [0.3, 0.4) is 0 Å². The molecule has 0 aliphatic carbocycles. The number of para-hydroxylation sites is 2. The molecule has 2 saturated heterocycles. The number of rotatable bonds is 1. The van der Waals surface area contributed by atoms with Gasteiger partial charge in [0, 0.05) is 23.6 Å². The lowest BCUT2D eigenvalue weighted by Crippen LogP contribution is -2.39. The van der Waals surface area contributed by atoms with Gasteiger partial charge < -0.3 is 4.90 Å². The van der Waals surface area contributed by atoms with E-state index in [2.05, 4.69) is 9.97 Å². The van der Waals surface area contributed by atoms with Crippen molar-refractivity contribution in [3.8, 4) is 0 Å². The predicted octanol–water partition coefficient (Wildman–Crippen LogP) is 1.96. The maximum absolute atomic E-state index is 12.5. The molecule has 3 heterocycles. The highest BCUT2D eigenvalue weighted by atomic mass is 32.2. The van der Waals surface area contributed by atoms with Crippen LogP contribution in [0.2, 0.25) is 0 Å². The first-order valence-electron chi connectivity index (χ1n) is 6.45. The largest absolute Gasteiger partial charge is 0.332 e. The molecular weight excluding hydrogens is 258 g/mol. The molecule has 19 heavy (non-hydrogen) atoms. The Bertz CT molecular complexity index is 660. The summed E-state index contributed by atoms with van der Waals surface area (Å²) in [5, 5.41) is 0.627. The first kappa shape index (κ1) is 11.2. The molecule has 1 aromatic carbocycles. The molecule has 2 unspecified atom stereocenters. The molecule has 96 valence electrons. The molecule has 2 fully saturated rings. The van der Waals surface area contributed by atoms with Crippen LogP contribution < -0.4 is 0 Å². The monoisotopic (exact) mass is 271 g/mol. The van der Waals surface area contributed by atoms with Gasteiger partial charge in [0.15, 0.2) is 0 Å². The number of carbonyl (C=O) groups excluding carboxylic acids is 1. The smallest absolute Gasteiger partial charge is 0.274 e. The van der Waals surface area contributed by atoms with Crippen molar-refractivity contribution in [1.29, 1.82) is 0 Å². The Hall–Kier alpha value is -1.62. The Morgan fingerprint density at radius 3 is 2.89 bits per heavy atom. The van der Waals surface area contributed by atoms with E-state index in [0.717, 1.165) is 29.8 Å². The molecule has 0 saturated carbocycles. The van der Waals surface area contributed by atoms with Crippen molar-refractivity contribution in [2.75, 3.05) is 12.3 Å². The van der Waals surface area contributed by atoms with E-state index in [4.69, 9.17) is 0 Å². The van der Waals surface area contributed by atoms with E-state index in [1.807, 2.05) is 40.9 Å². The minimum absolute atomic E-state index is 0.0334. The van der Waals surface area contributed by atoms with E-state index < -0.39 is 0 Å². The number of nitrogens with zero attached hydrogens (tertiary/aromatic N) is 3. The topological polar surface area (TPSA) is 46.1 Å². The van der Waals surface area contributed by atoms with Gasteiger partial charge in [0.05, 0.1) is 17.2 Å². The second-order valence-corrected chi connectivity index (χ2v) is 6.38. The van der Waals surface area contributed by atoms with Crippen LogP contribution in [0, 0.1) is 0 Å². The standard InChI is InChI=1S/C14H13N3OS/c18-14(17-7-10-5-9(17)8-19-10)13-6-15-11-3-1-2-4-12(11)16-13/h1-4,6,9-10H,5,7-8H2. The van der Waals surface area contributed by atoms with Crippen LogP contribution in [0.15, 0.2) is 30.5 Å². The summed E-state index contributed by atoms with van der Waals surface area (Å²) in [4.78, 5) is 23.2. The third-order valence-electron chi connectivity index (χ3n) is 3.83. The first-order chi connectivity index (χ1) is 9.31. The summed E-state index contributed by atoms with van der Waals surface area (Å²) in [7, 11) is 0. The summed E-state index contributed by atoms with van der Waals surface area (Å²) in [5.41, 5.74) is 2.08. The van der Waals surface area contributed by atoms with E-state index in [1.165, 1.54) is 0 Å². The Morgan fingerprint density at radius 1 is 1.32 bits per heavy atom. The minimum Gasteiger partial charge on any atom is -0.332 e. The Kier molecular flexibility index (Phi) is 2.48. The van der Waals surface area contributed by atoms with Crippen LogP contribution in [-0.4, -0.2) is 44.4 Å². The van der Waals surface area contributed by atoms with Gasteiger partial charge >= 0.3 is 0 Å². The van der Waals surface area contributed by atoms with Gasteiger partial charge in [-0.3, -0.25) is 9.78 Å². The fraction of sp³-hybridized carbons (Fsp3) is 0.357.